The van der Waals surface area contributed by atoms with Gasteiger partial charge in [-0.25, -0.2) is 0 Å². The summed E-state index contributed by atoms with van der Waals surface area (Å²) in [4.78, 5) is 2.44. The van der Waals surface area contributed by atoms with Crippen molar-refractivity contribution in [2.75, 3.05) is 0 Å². The average Bonchev–Trinajstić information content (AvgIpc) is 2.40. The van der Waals surface area contributed by atoms with E-state index in [0.29, 0.717) is 5.92 Å². The first kappa shape index (κ1) is 13.4. The van der Waals surface area contributed by atoms with E-state index in [-0.39, 0.29) is 0 Å². The molecule has 0 atom stereocenters. The van der Waals surface area contributed by atoms with Gasteiger partial charge in [0.05, 0.1) is 0 Å². The predicted molar refractivity (Wildman–Crippen MR) is 80.7 cm³/mol. The number of hydrogen-bond donors (Lipinski definition) is 1. The van der Waals surface area contributed by atoms with E-state index in [4.69, 9.17) is 4.18 Å². The van der Waals surface area contributed by atoms with Crippen LogP contribution in [-0.2, 0) is 0 Å². The van der Waals surface area contributed by atoms with Crippen molar-refractivity contribution in [3.8, 4) is 5.75 Å². The molecule has 0 spiro atoms. The fourth-order valence-corrected chi connectivity index (χ4v) is 2.56. The number of hydrogen-bond acceptors (Lipinski definition) is 3. The lowest BCUT2D eigenvalue weighted by atomic mass is 10.0. The van der Waals surface area contributed by atoms with Gasteiger partial charge in [-0.15, -0.1) is 0 Å². The zero-order chi connectivity index (χ0) is 13.0. The van der Waals surface area contributed by atoms with Gasteiger partial charge in [0.25, 0.3) is 0 Å². The van der Waals surface area contributed by atoms with Crippen molar-refractivity contribution < 1.29 is 4.18 Å². The van der Waals surface area contributed by atoms with Gasteiger partial charge in [0.15, 0.2) is 0 Å². The molecular weight excluding hydrogens is 260 g/mol. The van der Waals surface area contributed by atoms with Crippen LogP contribution in [0.2, 0.25) is 0 Å². The molecule has 0 aliphatic carbocycles. The van der Waals surface area contributed by atoms with E-state index in [1.165, 1.54) is 15.4 Å². The molecule has 0 radical (unpaired) electrons. The highest BCUT2D eigenvalue weighted by Crippen LogP contribution is 2.30. The summed E-state index contributed by atoms with van der Waals surface area (Å²) in [5.41, 5.74) is 1.37. The molecule has 2 aromatic rings. The van der Waals surface area contributed by atoms with Crippen molar-refractivity contribution >= 4 is 24.7 Å². The maximum absolute atomic E-state index is 4.85. The highest BCUT2D eigenvalue weighted by atomic mass is 32.2. The van der Waals surface area contributed by atoms with E-state index < -0.39 is 0 Å². The Bertz CT molecular complexity index is 489. The molecule has 0 aromatic heterocycles. The Morgan fingerprint density at radius 3 is 1.83 bits per heavy atom. The molecule has 94 valence electrons. The quantitative estimate of drug-likeness (QED) is 0.608. The summed E-state index contributed by atoms with van der Waals surface area (Å²) in [6, 6.07) is 16.6. The molecule has 1 nitrogen and oxygen atoms in total. The van der Waals surface area contributed by atoms with Gasteiger partial charge in [-0.3, -0.25) is 0 Å². The van der Waals surface area contributed by atoms with Gasteiger partial charge in [0, 0.05) is 22.7 Å². The van der Waals surface area contributed by atoms with Gasteiger partial charge < -0.3 is 4.18 Å². The Balaban J connectivity index is 2.08. The van der Waals surface area contributed by atoms with Crippen LogP contribution in [0.15, 0.2) is 58.3 Å². The van der Waals surface area contributed by atoms with E-state index in [2.05, 4.69) is 51.0 Å². The molecule has 0 aliphatic heterocycles. The first-order chi connectivity index (χ1) is 8.69. The summed E-state index contributed by atoms with van der Waals surface area (Å²) >= 11 is 5.51. The second-order valence-corrected chi connectivity index (χ2v) is 5.72. The minimum Gasteiger partial charge on any atom is -0.429 e. The van der Waals surface area contributed by atoms with Crippen molar-refractivity contribution in [1.29, 1.82) is 0 Å². The minimum atomic E-state index is 0.580. The van der Waals surface area contributed by atoms with E-state index >= 15 is 0 Å². The summed E-state index contributed by atoms with van der Waals surface area (Å²) in [5.74, 6) is 1.34. The normalized spacial score (nSPS) is 10.7. The van der Waals surface area contributed by atoms with Crippen molar-refractivity contribution in [3.05, 3.63) is 54.1 Å². The molecule has 0 fully saturated rings. The van der Waals surface area contributed by atoms with Gasteiger partial charge in [0.2, 0.25) is 0 Å². The highest BCUT2D eigenvalue weighted by Gasteiger charge is 2.01. The van der Waals surface area contributed by atoms with Crippen LogP contribution in [0.5, 0.6) is 5.75 Å². The van der Waals surface area contributed by atoms with Crippen LogP contribution in [0, 0.1) is 0 Å². The maximum atomic E-state index is 4.85. The van der Waals surface area contributed by atoms with Crippen LogP contribution in [0.3, 0.4) is 0 Å². The van der Waals surface area contributed by atoms with Crippen LogP contribution in [0.4, 0.5) is 0 Å². The SMILES string of the molecule is CC(C)c1ccc(Sc2ccc(OS)cc2)cc1. The summed E-state index contributed by atoms with van der Waals surface area (Å²) in [6.07, 6.45) is 0. The molecule has 0 heterocycles. The molecule has 2 aromatic carbocycles. The van der Waals surface area contributed by atoms with E-state index in [1.54, 1.807) is 11.8 Å². The van der Waals surface area contributed by atoms with Crippen LogP contribution in [-0.4, -0.2) is 0 Å². The summed E-state index contributed by atoms with van der Waals surface area (Å²) in [7, 11) is 0. The Morgan fingerprint density at radius 2 is 1.39 bits per heavy atom. The third-order valence-corrected chi connectivity index (χ3v) is 3.94. The molecule has 0 aliphatic rings. The van der Waals surface area contributed by atoms with Gasteiger partial charge in [0.1, 0.15) is 5.75 Å². The largest absolute Gasteiger partial charge is 0.429 e. The maximum Gasteiger partial charge on any atom is 0.137 e. The fraction of sp³-hybridized carbons (Fsp3) is 0.200. The van der Waals surface area contributed by atoms with Crippen LogP contribution >= 0.6 is 24.7 Å². The first-order valence-electron chi connectivity index (χ1n) is 5.88. The summed E-state index contributed by atoms with van der Waals surface area (Å²) < 4.78 is 4.85. The molecule has 0 saturated heterocycles. The topological polar surface area (TPSA) is 9.23 Å². The molecule has 0 saturated carbocycles. The van der Waals surface area contributed by atoms with Gasteiger partial charge in [-0.05, 0) is 47.9 Å². The van der Waals surface area contributed by atoms with Crippen molar-refractivity contribution in [3.63, 3.8) is 0 Å². The standard InChI is InChI=1S/C15H16OS2/c1-11(2)12-3-7-14(8-4-12)18-15-9-5-13(16-17)6-10-15/h3-11,17H,1-2H3. The summed E-state index contributed by atoms with van der Waals surface area (Å²) in [5, 5.41) is 0. The Kier molecular flexibility index (Phi) is 4.61. The summed E-state index contributed by atoms with van der Waals surface area (Å²) in [6.45, 7) is 4.41. The van der Waals surface area contributed by atoms with Crippen molar-refractivity contribution in [2.24, 2.45) is 0 Å². The zero-order valence-electron chi connectivity index (χ0n) is 10.5. The van der Waals surface area contributed by atoms with E-state index in [1.807, 2.05) is 24.3 Å². The number of benzene rings is 2. The lowest BCUT2D eigenvalue weighted by Crippen LogP contribution is -1.85. The Hall–Kier alpha value is -1.06. The van der Waals surface area contributed by atoms with Crippen LogP contribution in [0.25, 0.3) is 0 Å². The minimum absolute atomic E-state index is 0.580. The van der Waals surface area contributed by atoms with Crippen LogP contribution in [0.1, 0.15) is 25.3 Å². The van der Waals surface area contributed by atoms with Crippen LogP contribution < -0.4 is 4.18 Å². The molecule has 2 rings (SSSR count). The van der Waals surface area contributed by atoms with Gasteiger partial charge >= 0.3 is 0 Å². The molecule has 0 unspecified atom stereocenters. The molecule has 0 bridgehead atoms. The van der Waals surface area contributed by atoms with Crippen molar-refractivity contribution in [2.45, 2.75) is 29.6 Å². The zero-order valence-corrected chi connectivity index (χ0v) is 12.2. The predicted octanol–water partition coefficient (Wildman–Crippen LogP) is 5.18. The third kappa shape index (κ3) is 3.47. The van der Waals surface area contributed by atoms with Gasteiger partial charge in [-0.2, -0.15) is 0 Å². The molecule has 0 N–H and O–H groups in total. The van der Waals surface area contributed by atoms with Crippen molar-refractivity contribution in [1.82, 2.24) is 0 Å². The number of rotatable bonds is 4. The second kappa shape index (κ2) is 6.21. The fourth-order valence-electron chi connectivity index (χ4n) is 1.63. The van der Waals surface area contributed by atoms with Gasteiger partial charge in [-0.1, -0.05) is 37.7 Å². The Morgan fingerprint density at radius 1 is 0.889 bits per heavy atom. The molecule has 3 heteroatoms. The highest BCUT2D eigenvalue weighted by molar-refractivity contribution is 7.99. The molecule has 0 amide bonds. The first-order valence-corrected chi connectivity index (χ1v) is 7.06. The smallest absolute Gasteiger partial charge is 0.137 e. The van der Waals surface area contributed by atoms with E-state index in [9.17, 15) is 0 Å². The second-order valence-electron chi connectivity index (χ2n) is 4.39. The lowest BCUT2D eigenvalue weighted by molar-refractivity contribution is 0.658. The van der Waals surface area contributed by atoms with E-state index in [0.717, 1.165) is 5.75 Å². The molecular formula is C15H16OS2. The monoisotopic (exact) mass is 276 g/mol. The average molecular weight is 276 g/mol. The Labute approximate surface area is 118 Å². The third-order valence-electron chi connectivity index (χ3n) is 2.71. The number of thiol groups is 1. The molecule has 18 heavy (non-hydrogen) atoms. The lowest BCUT2D eigenvalue weighted by Gasteiger charge is -2.07.